The molecule has 136 valence electrons. The number of sulfonamides is 1. The lowest BCUT2D eigenvalue weighted by atomic mass is 10.2. The summed E-state index contributed by atoms with van der Waals surface area (Å²) in [6.45, 7) is 2.07. The molecule has 0 aliphatic rings. The molecule has 0 fully saturated rings. The van der Waals surface area contributed by atoms with Crippen LogP contribution in [0.3, 0.4) is 0 Å². The average Bonchev–Trinajstić information content (AvgIpc) is 3.11. The first kappa shape index (κ1) is 18.1. The molecule has 7 nitrogen and oxygen atoms in total. The summed E-state index contributed by atoms with van der Waals surface area (Å²) in [6, 6.07) is 13.9. The summed E-state index contributed by atoms with van der Waals surface area (Å²) in [7, 11) is -1.96. The summed E-state index contributed by atoms with van der Waals surface area (Å²) in [5.41, 5.74) is 1.79. The lowest BCUT2D eigenvalue weighted by Gasteiger charge is -2.05. The van der Waals surface area contributed by atoms with Crippen LogP contribution in [0.5, 0.6) is 5.75 Å². The van der Waals surface area contributed by atoms with Gasteiger partial charge in [0, 0.05) is 18.5 Å². The maximum atomic E-state index is 12.2. The fourth-order valence-corrected chi connectivity index (χ4v) is 3.34. The minimum absolute atomic E-state index is 0.167. The summed E-state index contributed by atoms with van der Waals surface area (Å²) in [4.78, 5) is 4.52. The molecule has 0 aliphatic heterocycles. The smallest absolute Gasteiger partial charge is 0.240 e. The van der Waals surface area contributed by atoms with Gasteiger partial charge in [-0.1, -0.05) is 22.9 Å². The van der Waals surface area contributed by atoms with Crippen LogP contribution in [0, 0.1) is 6.92 Å². The minimum Gasteiger partial charge on any atom is -0.497 e. The Balaban J connectivity index is 1.60. The van der Waals surface area contributed by atoms with E-state index in [4.69, 9.17) is 9.26 Å². The van der Waals surface area contributed by atoms with Crippen LogP contribution in [-0.4, -0.2) is 32.2 Å². The number of nitrogens with one attached hydrogen (secondary N) is 1. The Labute approximate surface area is 152 Å². The predicted octanol–water partition coefficient (Wildman–Crippen LogP) is 2.57. The molecule has 0 saturated carbocycles. The van der Waals surface area contributed by atoms with Gasteiger partial charge in [0.15, 0.2) is 0 Å². The Morgan fingerprint density at radius 3 is 2.42 bits per heavy atom. The number of nitrogens with zero attached hydrogens (tertiary/aromatic N) is 2. The summed E-state index contributed by atoms with van der Waals surface area (Å²) in [6.07, 6.45) is 0.300. The molecule has 3 rings (SSSR count). The maximum absolute atomic E-state index is 12.2. The lowest BCUT2D eigenvalue weighted by molar-refractivity contribution is 0.379. The predicted molar refractivity (Wildman–Crippen MR) is 96.4 cm³/mol. The van der Waals surface area contributed by atoms with Crippen LogP contribution in [0.15, 0.2) is 57.9 Å². The first-order valence-electron chi connectivity index (χ1n) is 8.01. The highest BCUT2D eigenvalue weighted by atomic mass is 32.2. The molecule has 3 aromatic rings. The monoisotopic (exact) mass is 373 g/mol. The van der Waals surface area contributed by atoms with Gasteiger partial charge in [-0.05, 0) is 43.3 Å². The van der Waals surface area contributed by atoms with E-state index >= 15 is 0 Å². The second-order valence-corrected chi connectivity index (χ2v) is 7.47. The van der Waals surface area contributed by atoms with Gasteiger partial charge in [0.1, 0.15) is 5.75 Å². The third-order valence-corrected chi connectivity index (χ3v) is 5.26. The molecule has 0 amide bonds. The van der Waals surface area contributed by atoms with Gasteiger partial charge in [0.05, 0.1) is 12.0 Å². The number of hydrogen-bond donors (Lipinski definition) is 1. The van der Waals surface area contributed by atoms with Gasteiger partial charge < -0.3 is 9.26 Å². The first-order valence-corrected chi connectivity index (χ1v) is 9.49. The van der Waals surface area contributed by atoms with Crippen LogP contribution in [-0.2, 0) is 16.4 Å². The van der Waals surface area contributed by atoms with Crippen molar-refractivity contribution in [2.75, 3.05) is 13.7 Å². The molecule has 0 atom stereocenters. The van der Waals surface area contributed by atoms with Crippen molar-refractivity contribution in [1.82, 2.24) is 14.9 Å². The molecule has 0 aliphatic carbocycles. The van der Waals surface area contributed by atoms with E-state index in [1.54, 1.807) is 43.5 Å². The second kappa shape index (κ2) is 7.67. The summed E-state index contributed by atoms with van der Waals surface area (Å²) in [5, 5.41) is 3.92. The number of ether oxygens (including phenoxy) is 1. The van der Waals surface area contributed by atoms with Crippen LogP contribution in [0.2, 0.25) is 0 Å². The van der Waals surface area contributed by atoms with Crippen LogP contribution in [0.1, 0.15) is 11.5 Å². The Hall–Kier alpha value is -2.71. The molecule has 1 heterocycles. The SMILES string of the molecule is COc1ccc(-c2noc(CCNS(=O)(=O)c3ccc(C)cc3)n2)cc1. The van der Waals surface area contributed by atoms with Crippen molar-refractivity contribution in [3.63, 3.8) is 0 Å². The van der Waals surface area contributed by atoms with Gasteiger partial charge in [-0.3, -0.25) is 0 Å². The highest BCUT2D eigenvalue weighted by Crippen LogP contribution is 2.19. The highest BCUT2D eigenvalue weighted by molar-refractivity contribution is 7.89. The molecule has 0 radical (unpaired) electrons. The van der Waals surface area contributed by atoms with Crippen molar-refractivity contribution in [2.45, 2.75) is 18.2 Å². The van der Waals surface area contributed by atoms with Crippen molar-refractivity contribution in [1.29, 1.82) is 0 Å². The maximum Gasteiger partial charge on any atom is 0.240 e. The van der Waals surface area contributed by atoms with E-state index in [0.29, 0.717) is 18.1 Å². The normalized spacial score (nSPS) is 11.5. The molecule has 1 aromatic heterocycles. The van der Waals surface area contributed by atoms with Gasteiger partial charge in [0.25, 0.3) is 0 Å². The van der Waals surface area contributed by atoms with Crippen LogP contribution >= 0.6 is 0 Å². The van der Waals surface area contributed by atoms with Crippen LogP contribution in [0.25, 0.3) is 11.4 Å². The minimum atomic E-state index is -3.55. The molecule has 1 N–H and O–H groups in total. The topological polar surface area (TPSA) is 94.3 Å². The lowest BCUT2D eigenvalue weighted by Crippen LogP contribution is -2.26. The average molecular weight is 373 g/mol. The standard InChI is InChI=1S/C18H19N3O4S/c1-13-3-9-16(10-4-13)26(22,23)19-12-11-17-20-18(21-25-17)14-5-7-15(24-2)8-6-14/h3-10,19H,11-12H2,1-2H3. The van der Waals surface area contributed by atoms with Gasteiger partial charge in [0.2, 0.25) is 21.7 Å². The number of benzene rings is 2. The fourth-order valence-electron chi connectivity index (χ4n) is 2.31. The van der Waals surface area contributed by atoms with E-state index in [2.05, 4.69) is 14.9 Å². The van der Waals surface area contributed by atoms with Crippen LogP contribution in [0.4, 0.5) is 0 Å². The molecule has 26 heavy (non-hydrogen) atoms. The zero-order valence-electron chi connectivity index (χ0n) is 14.5. The molecule has 0 spiro atoms. The molecule has 0 unspecified atom stereocenters. The summed E-state index contributed by atoms with van der Waals surface area (Å²) < 4.78 is 37.3. The van der Waals surface area contributed by atoms with Crippen molar-refractivity contribution >= 4 is 10.0 Å². The number of aryl methyl sites for hydroxylation is 1. The van der Waals surface area contributed by atoms with Crippen molar-refractivity contribution in [3.05, 3.63) is 60.0 Å². The molecule has 2 aromatic carbocycles. The van der Waals surface area contributed by atoms with E-state index in [9.17, 15) is 8.42 Å². The zero-order valence-corrected chi connectivity index (χ0v) is 15.3. The Kier molecular flexibility index (Phi) is 5.34. The van der Waals surface area contributed by atoms with E-state index in [0.717, 1.165) is 16.9 Å². The largest absolute Gasteiger partial charge is 0.497 e. The Morgan fingerprint density at radius 2 is 1.77 bits per heavy atom. The van der Waals surface area contributed by atoms with Gasteiger partial charge in [-0.2, -0.15) is 4.98 Å². The molecule has 0 bridgehead atoms. The fraction of sp³-hybridized carbons (Fsp3) is 0.222. The van der Waals surface area contributed by atoms with E-state index in [1.807, 2.05) is 19.1 Å². The highest BCUT2D eigenvalue weighted by Gasteiger charge is 2.14. The molecule has 0 saturated heterocycles. The van der Waals surface area contributed by atoms with Gasteiger partial charge >= 0.3 is 0 Å². The van der Waals surface area contributed by atoms with E-state index < -0.39 is 10.0 Å². The van der Waals surface area contributed by atoms with Gasteiger partial charge in [-0.15, -0.1) is 0 Å². The number of methoxy groups -OCH3 is 1. The number of hydrogen-bond acceptors (Lipinski definition) is 6. The van der Waals surface area contributed by atoms with Gasteiger partial charge in [-0.25, -0.2) is 13.1 Å². The quantitative estimate of drug-likeness (QED) is 0.684. The Morgan fingerprint density at radius 1 is 1.08 bits per heavy atom. The van der Waals surface area contributed by atoms with E-state index in [1.165, 1.54) is 0 Å². The van der Waals surface area contributed by atoms with Crippen molar-refractivity contribution < 1.29 is 17.7 Å². The molecular weight excluding hydrogens is 354 g/mol. The first-order chi connectivity index (χ1) is 12.5. The van der Waals surface area contributed by atoms with Crippen molar-refractivity contribution in [3.8, 4) is 17.1 Å². The molecular formula is C18H19N3O4S. The number of aromatic nitrogens is 2. The van der Waals surface area contributed by atoms with E-state index in [-0.39, 0.29) is 11.4 Å². The van der Waals surface area contributed by atoms with Crippen LogP contribution < -0.4 is 9.46 Å². The van der Waals surface area contributed by atoms with Crippen molar-refractivity contribution in [2.24, 2.45) is 0 Å². The summed E-state index contributed by atoms with van der Waals surface area (Å²) >= 11 is 0. The second-order valence-electron chi connectivity index (χ2n) is 5.70. The third-order valence-electron chi connectivity index (χ3n) is 3.78. The Bertz CT molecular complexity index is 964. The summed E-state index contributed by atoms with van der Waals surface area (Å²) in [5.74, 6) is 1.55. The molecule has 8 heteroatoms. The zero-order chi connectivity index (χ0) is 18.6. The third kappa shape index (κ3) is 4.27. The number of rotatable bonds is 7.